The molecule has 0 spiro atoms. The molecule has 2 atom stereocenters. The van der Waals surface area contributed by atoms with Gasteiger partial charge >= 0.3 is 5.97 Å². The first kappa shape index (κ1) is 19.9. The van der Waals surface area contributed by atoms with Crippen LogP contribution in [-0.2, 0) is 9.53 Å². The van der Waals surface area contributed by atoms with Gasteiger partial charge in [0.15, 0.2) is 18.1 Å². The summed E-state index contributed by atoms with van der Waals surface area (Å²) in [4.78, 5) is 27.3. The van der Waals surface area contributed by atoms with E-state index < -0.39 is 5.97 Å². The minimum atomic E-state index is -0.581. The van der Waals surface area contributed by atoms with Crippen LogP contribution in [0.15, 0.2) is 12.1 Å². The highest BCUT2D eigenvalue weighted by molar-refractivity contribution is 5.93. The fraction of sp³-hybridized carbons (Fsp3) is 0.636. The van der Waals surface area contributed by atoms with E-state index in [0.29, 0.717) is 30.5 Å². The van der Waals surface area contributed by atoms with E-state index in [0.717, 1.165) is 25.8 Å². The van der Waals surface area contributed by atoms with Crippen molar-refractivity contribution in [1.29, 1.82) is 0 Å². The number of amides is 1. The Kier molecular flexibility index (Phi) is 4.87. The van der Waals surface area contributed by atoms with Crippen molar-refractivity contribution in [1.82, 2.24) is 4.90 Å². The Hall–Kier alpha value is -2.44. The summed E-state index contributed by atoms with van der Waals surface area (Å²) in [7, 11) is 1.50. The van der Waals surface area contributed by atoms with Gasteiger partial charge in [0.2, 0.25) is 5.75 Å². The topological polar surface area (TPSA) is 74.3 Å². The van der Waals surface area contributed by atoms with Crippen molar-refractivity contribution in [2.24, 2.45) is 10.8 Å². The molecule has 2 fully saturated rings. The Morgan fingerprint density at radius 3 is 2.69 bits per heavy atom. The smallest absolute Gasteiger partial charge is 0.338 e. The fourth-order valence-corrected chi connectivity index (χ4v) is 5.44. The van der Waals surface area contributed by atoms with Gasteiger partial charge in [-0.1, -0.05) is 20.8 Å². The minimum Gasteiger partial charge on any atom is -0.493 e. The molecule has 0 unspecified atom stereocenters. The summed E-state index contributed by atoms with van der Waals surface area (Å²) >= 11 is 0. The number of methoxy groups -OCH3 is 1. The van der Waals surface area contributed by atoms with E-state index in [9.17, 15) is 9.59 Å². The van der Waals surface area contributed by atoms with Crippen molar-refractivity contribution in [3.05, 3.63) is 17.7 Å². The molecule has 7 heteroatoms. The summed E-state index contributed by atoms with van der Waals surface area (Å²) in [5.41, 5.74) is 0.646. The van der Waals surface area contributed by atoms with E-state index in [-0.39, 0.29) is 34.9 Å². The molecule has 2 bridgehead atoms. The second-order valence-electron chi connectivity index (χ2n) is 9.51. The van der Waals surface area contributed by atoms with Crippen LogP contribution in [0.3, 0.4) is 0 Å². The minimum absolute atomic E-state index is 0.130. The van der Waals surface area contributed by atoms with Crippen LogP contribution in [0.25, 0.3) is 0 Å². The Balaban J connectivity index is 1.42. The standard InChI is InChI=1S/C22H29NO6/c1-21(2)9-15-10-22(3,12-21)13-23(15)18(24)11-29-20(25)14-7-16(26-4)19-17(8-14)27-5-6-28-19/h7-8,15H,5-6,9-13H2,1-4H3/t15-,22-/m1/s1. The van der Waals surface area contributed by atoms with Crippen molar-refractivity contribution in [3.8, 4) is 17.2 Å². The van der Waals surface area contributed by atoms with E-state index in [4.69, 9.17) is 18.9 Å². The summed E-state index contributed by atoms with van der Waals surface area (Å²) in [6.07, 6.45) is 3.12. The van der Waals surface area contributed by atoms with Gasteiger partial charge in [-0.15, -0.1) is 0 Å². The van der Waals surface area contributed by atoms with Gasteiger partial charge in [0.1, 0.15) is 13.2 Å². The molecular formula is C22H29NO6. The van der Waals surface area contributed by atoms with Crippen LogP contribution in [0.1, 0.15) is 50.4 Å². The molecule has 2 heterocycles. The van der Waals surface area contributed by atoms with Crippen LogP contribution in [0.5, 0.6) is 17.2 Å². The number of benzene rings is 1. The average molecular weight is 403 g/mol. The highest BCUT2D eigenvalue weighted by atomic mass is 16.6. The van der Waals surface area contributed by atoms with Crippen LogP contribution in [0.4, 0.5) is 0 Å². The Morgan fingerprint density at radius 1 is 1.17 bits per heavy atom. The maximum atomic E-state index is 12.8. The molecular weight excluding hydrogens is 374 g/mol. The van der Waals surface area contributed by atoms with Gasteiger partial charge in [0.05, 0.1) is 12.7 Å². The molecule has 1 saturated carbocycles. The van der Waals surface area contributed by atoms with Gasteiger partial charge < -0.3 is 23.8 Å². The largest absolute Gasteiger partial charge is 0.493 e. The zero-order chi connectivity index (χ0) is 20.8. The molecule has 0 N–H and O–H groups in total. The Morgan fingerprint density at radius 2 is 1.93 bits per heavy atom. The number of carbonyl (C=O) groups is 2. The summed E-state index contributed by atoms with van der Waals surface area (Å²) in [6.45, 7) is 8.08. The Labute approximate surface area is 171 Å². The van der Waals surface area contributed by atoms with Crippen LogP contribution in [-0.4, -0.2) is 56.3 Å². The first-order chi connectivity index (χ1) is 13.7. The predicted octanol–water partition coefficient (Wildman–Crippen LogP) is 3.05. The monoisotopic (exact) mass is 403 g/mol. The number of ether oxygens (including phenoxy) is 4. The number of carbonyl (C=O) groups excluding carboxylic acids is 2. The number of esters is 1. The first-order valence-corrected chi connectivity index (χ1v) is 10.1. The first-order valence-electron chi connectivity index (χ1n) is 10.1. The molecule has 7 nitrogen and oxygen atoms in total. The lowest BCUT2D eigenvalue weighted by atomic mass is 9.65. The van der Waals surface area contributed by atoms with E-state index in [1.807, 2.05) is 4.90 Å². The second kappa shape index (κ2) is 7.11. The van der Waals surface area contributed by atoms with Crippen LogP contribution < -0.4 is 14.2 Å². The van der Waals surface area contributed by atoms with E-state index >= 15 is 0 Å². The third kappa shape index (κ3) is 3.87. The van der Waals surface area contributed by atoms with Crippen molar-refractivity contribution >= 4 is 11.9 Å². The molecule has 2 aliphatic heterocycles. The highest BCUT2D eigenvalue weighted by Crippen LogP contribution is 2.52. The van der Waals surface area contributed by atoms with Crippen molar-refractivity contribution in [2.75, 3.05) is 33.5 Å². The number of fused-ring (bicyclic) bond motifs is 3. The molecule has 29 heavy (non-hydrogen) atoms. The van der Waals surface area contributed by atoms with E-state index in [2.05, 4.69) is 20.8 Å². The molecule has 158 valence electrons. The maximum Gasteiger partial charge on any atom is 0.338 e. The molecule has 1 aromatic carbocycles. The number of rotatable bonds is 4. The van der Waals surface area contributed by atoms with Gasteiger partial charge in [-0.05, 0) is 42.2 Å². The highest BCUT2D eigenvalue weighted by Gasteiger charge is 2.50. The van der Waals surface area contributed by atoms with Gasteiger partial charge in [-0.2, -0.15) is 0 Å². The maximum absolute atomic E-state index is 12.8. The number of hydrogen-bond donors (Lipinski definition) is 0. The third-order valence-corrected chi connectivity index (χ3v) is 6.13. The summed E-state index contributed by atoms with van der Waals surface area (Å²) in [6, 6.07) is 3.34. The van der Waals surface area contributed by atoms with Crippen molar-refractivity contribution in [2.45, 2.75) is 46.1 Å². The van der Waals surface area contributed by atoms with Gasteiger partial charge in [-0.25, -0.2) is 4.79 Å². The van der Waals surface area contributed by atoms with Crippen molar-refractivity contribution in [3.63, 3.8) is 0 Å². The van der Waals surface area contributed by atoms with Gasteiger partial charge in [0, 0.05) is 12.6 Å². The summed E-state index contributed by atoms with van der Waals surface area (Å²) in [5, 5.41) is 0. The second-order valence-corrected chi connectivity index (χ2v) is 9.51. The zero-order valence-corrected chi connectivity index (χ0v) is 17.6. The molecule has 1 amide bonds. The number of likely N-dealkylation sites (tertiary alicyclic amines) is 1. The van der Waals surface area contributed by atoms with Gasteiger partial charge in [-0.3, -0.25) is 4.79 Å². The molecule has 0 radical (unpaired) electrons. The van der Waals surface area contributed by atoms with Gasteiger partial charge in [0.25, 0.3) is 5.91 Å². The molecule has 1 aliphatic carbocycles. The Bertz CT molecular complexity index is 818. The molecule has 0 aromatic heterocycles. The van der Waals surface area contributed by atoms with E-state index in [1.54, 1.807) is 12.1 Å². The summed E-state index contributed by atoms with van der Waals surface area (Å²) in [5.74, 6) is 0.615. The normalized spacial score (nSPS) is 26.8. The lowest BCUT2D eigenvalue weighted by molar-refractivity contribution is -0.135. The lowest BCUT2D eigenvalue weighted by Crippen LogP contribution is -2.39. The third-order valence-electron chi connectivity index (χ3n) is 6.13. The van der Waals surface area contributed by atoms with Crippen LogP contribution in [0.2, 0.25) is 0 Å². The van der Waals surface area contributed by atoms with Crippen LogP contribution in [0, 0.1) is 10.8 Å². The van der Waals surface area contributed by atoms with Crippen LogP contribution >= 0.6 is 0 Å². The molecule has 3 aliphatic rings. The molecule has 1 aromatic rings. The SMILES string of the molecule is COc1cc(C(=O)OCC(=O)N2C[C@]3(C)C[C@H]2CC(C)(C)C3)cc2c1OCCO2. The predicted molar refractivity (Wildman–Crippen MR) is 106 cm³/mol. The van der Waals surface area contributed by atoms with Crippen molar-refractivity contribution < 1.29 is 28.5 Å². The average Bonchev–Trinajstić information content (AvgIpc) is 2.93. The summed E-state index contributed by atoms with van der Waals surface area (Å²) < 4.78 is 21.7. The number of hydrogen-bond acceptors (Lipinski definition) is 6. The molecule has 4 rings (SSSR count). The fourth-order valence-electron chi connectivity index (χ4n) is 5.44. The number of nitrogens with zero attached hydrogens (tertiary/aromatic N) is 1. The quantitative estimate of drug-likeness (QED) is 0.720. The zero-order valence-electron chi connectivity index (χ0n) is 17.6. The lowest BCUT2D eigenvalue weighted by Gasteiger charge is -2.39. The van der Waals surface area contributed by atoms with E-state index in [1.165, 1.54) is 7.11 Å². The molecule has 1 saturated heterocycles.